The molecule has 41 heavy (non-hydrogen) atoms. The second kappa shape index (κ2) is 13.3. The van der Waals surface area contributed by atoms with E-state index < -0.39 is 5.97 Å². The Morgan fingerprint density at radius 3 is 2.05 bits per heavy atom. The Kier molecular flexibility index (Phi) is 9.37. The highest BCUT2D eigenvalue weighted by atomic mass is 16.5. The number of phenols is 1. The van der Waals surface area contributed by atoms with E-state index in [1.165, 1.54) is 7.11 Å². The van der Waals surface area contributed by atoms with Gasteiger partial charge in [0.15, 0.2) is 0 Å². The van der Waals surface area contributed by atoms with Crippen LogP contribution in [0.4, 0.5) is 11.4 Å². The van der Waals surface area contributed by atoms with E-state index in [1.807, 2.05) is 19.1 Å². The molecule has 0 aliphatic heterocycles. The van der Waals surface area contributed by atoms with E-state index in [9.17, 15) is 19.5 Å². The van der Waals surface area contributed by atoms with Gasteiger partial charge < -0.3 is 25.2 Å². The zero-order valence-electron chi connectivity index (χ0n) is 23.2. The number of unbranched alkanes of at least 4 members (excludes halogenated alkanes) is 1. The van der Waals surface area contributed by atoms with Crippen molar-refractivity contribution >= 4 is 29.2 Å². The quantitative estimate of drug-likeness (QED) is 0.147. The van der Waals surface area contributed by atoms with Crippen LogP contribution >= 0.6 is 0 Å². The van der Waals surface area contributed by atoms with E-state index in [-0.39, 0.29) is 17.6 Å². The first-order valence-electron chi connectivity index (χ1n) is 13.3. The summed E-state index contributed by atoms with van der Waals surface area (Å²) in [5.41, 5.74) is 4.53. The van der Waals surface area contributed by atoms with Crippen molar-refractivity contribution in [1.29, 1.82) is 0 Å². The predicted octanol–water partition coefficient (Wildman–Crippen LogP) is 6.84. The lowest BCUT2D eigenvalue weighted by molar-refractivity contribution is 0.0498. The first-order valence-corrected chi connectivity index (χ1v) is 13.3. The minimum absolute atomic E-state index is 0.185. The van der Waals surface area contributed by atoms with Gasteiger partial charge in [0.1, 0.15) is 11.5 Å². The molecule has 0 aliphatic carbocycles. The Morgan fingerprint density at radius 2 is 1.41 bits per heavy atom. The monoisotopic (exact) mass is 552 g/mol. The van der Waals surface area contributed by atoms with Crippen molar-refractivity contribution in [3.05, 3.63) is 107 Å². The lowest BCUT2D eigenvalue weighted by atomic mass is 10.0. The fraction of sp³-hybridized carbons (Fsp3) is 0.182. The number of hydrogen-bond acceptors (Lipinski definition) is 6. The van der Waals surface area contributed by atoms with Gasteiger partial charge in [-0.05, 0) is 90.7 Å². The van der Waals surface area contributed by atoms with Crippen molar-refractivity contribution in [2.75, 3.05) is 24.4 Å². The molecule has 3 N–H and O–H groups in total. The van der Waals surface area contributed by atoms with Gasteiger partial charge in [0.2, 0.25) is 0 Å². The molecule has 210 valence electrons. The van der Waals surface area contributed by atoms with Gasteiger partial charge in [-0.1, -0.05) is 37.6 Å². The van der Waals surface area contributed by atoms with Crippen LogP contribution in [0.2, 0.25) is 0 Å². The molecule has 0 aromatic heterocycles. The maximum atomic E-state index is 13.0. The molecule has 0 radical (unpaired) electrons. The largest absolute Gasteiger partial charge is 0.508 e. The zero-order valence-corrected chi connectivity index (χ0v) is 23.2. The fourth-order valence-electron chi connectivity index (χ4n) is 4.17. The molecular formula is C33H32N2O6. The summed E-state index contributed by atoms with van der Waals surface area (Å²) < 4.78 is 10.7. The number of anilines is 2. The molecule has 0 unspecified atom stereocenters. The molecule has 4 aromatic rings. The second-order valence-electron chi connectivity index (χ2n) is 9.47. The number of rotatable bonds is 10. The van der Waals surface area contributed by atoms with Gasteiger partial charge in [0, 0.05) is 16.8 Å². The molecular weight excluding hydrogens is 520 g/mol. The minimum atomic E-state index is -0.409. The number of amides is 2. The highest BCUT2D eigenvalue weighted by Gasteiger charge is 2.16. The lowest BCUT2D eigenvalue weighted by Gasteiger charge is -2.14. The standard InChI is InChI=1S/C33H32N2O6/c1-4-5-18-41-33(39)28-16-12-25(19-21(28)2)32(38)34-26-13-17-30(40-3)29(20-26)35-31(37)24-8-6-22(7-9-24)23-10-14-27(36)15-11-23/h6-17,19-20,36H,4-5,18H2,1-3H3,(H,34,38)(H,35,37). The van der Waals surface area contributed by atoms with E-state index >= 15 is 0 Å². The molecule has 4 aromatic carbocycles. The molecule has 0 bridgehead atoms. The van der Waals surface area contributed by atoms with Crippen LogP contribution < -0.4 is 15.4 Å². The van der Waals surface area contributed by atoms with E-state index in [0.29, 0.717) is 46.0 Å². The number of nitrogens with one attached hydrogen (secondary N) is 2. The number of aryl methyl sites for hydroxylation is 1. The summed E-state index contributed by atoms with van der Waals surface area (Å²) in [6.45, 7) is 4.13. The number of carbonyl (C=O) groups excluding carboxylic acids is 3. The van der Waals surface area contributed by atoms with Crippen molar-refractivity contribution in [2.45, 2.75) is 26.7 Å². The van der Waals surface area contributed by atoms with Crippen LogP contribution in [0.1, 0.15) is 56.4 Å². The average Bonchev–Trinajstić information content (AvgIpc) is 2.97. The molecule has 8 heteroatoms. The van der Waals surface area contributed by atoms with Crippen molar-refractivity contribution in [3.8, 4) is 22.6 Å². The first kappa shape index (κ1) is 28.9. The van der Waals surface area contributed by atoms with Gasteiger partial charge in [-0.25, -0.2) is 4.79 Å². The van der Waals surface area contributed by atoms with Crippen LogP contribution in [0.3, 0.4) is 0 Å². The summed E-state index contributed by atoms with van der Waals surface area (Å²) in [5, 5.41) is 15.2. The molecule has 8 nitrogen and oxygen atoms in total. The zero-order chi connectivity index (χ0) is 29.4. The highest BCUT2D eigenvalue weighted by molar-refractivity contribution is 6.07. The fourth-order valence-corrected chi connectivity index (χ4v) is 4.17. The van der Waals surface area contributed by atoms with Crippen LogP contribution in [-0.4, -0.2) is 36.6 Å². The van der Waals surface area contributed by atoms with E-state index in [4.69, 9.17) is 9.47 Å². The normalized spacial score (nSPS) is 10.5. The maximum Gasteiger partial charge on any atom is 0.338 e. The molecule has 0 heterocycles. The minimum Gasteiger partial charge on any atom is -0.508 e. The van der Waals surface area contributed by atoms with Crippen LogP contribution in [0.5, 0.6) is 11.5 Å². The molecule has 0 fully saturated rings. The predicted molar refractivity (Wildman–Crippen MR) is 159 cm³/mol. The molecule has 0 saturated carbocycles. The van der Waals surface area contributed by atoms with Crippen LogP contribution in [0.25, 0.3) is 11.1 Å². The number of hydrogen-bond donors (Lipinski definition) is 3. The number of benzene rings is 4. The van der Waals surface area contributed by atoms with Gasteiger partial charge in [-0.15, -0.1) is 0 Å². The maximum absolute atomic E-state index is 13.0. The molecule has 0 spiro atoms. The van der Waals surface area contributed by atoms with E-state index in [0.717, 1.165) is 24.0 Å². The Bertz CT molecular complexity index is 1550. The van der Waals surface area contributed by atoms with Gasteiger partial charge in [0.05, 0.1) is 25.0 Å². The van der Waals surface area contributed by atoms with Crippen molar-refractivity contribution in [3.63, 3.8) is 0 Å². The smallest absolute Gasteiger partial charge is 0.338 e. The Morgan fingerprint density at radius 1 is 0.780 bits per heavy atom. The third-order valence-corrected chi connectivity index (χ3v) is 6.49. The summed E-state index contributed by atoms with van der Waals surface area (Å²) in [7, 11) is 1.49. The molecule has 4 rings (SSSR count). The van der Waals surface area contributed by atoms with Gasteiger partial charge in [-0.3, -0.25) is 9.59 Å². The molecule has 2 amide bonds. The topological polar surface area (TPSA) is 114 Å². The van der Waals surface area contributed by atoms with E-state index in [2.05, 4.69) is 10.6 Å². The van der Waals surface area contributed by atoms with Crippen LogP contribution in [-0.2, 0) is 4.74 Å². The number of ether oxygens (including phenoxy) is 2. The van der Waals surface area contributed by atoms with Crippen LogP contribution in [0, 0.1) is 6.92 Å². The Labute approximate surface area is 238 Å². The number of methoxy groups -OCH3 is 1. The highest BCUT2D eigenvalue weighted by Crippen LogP contribution is 2.29. The summed E-state index contributed by atoms with van der Waals surface area (Å²) in [5.74, 6) is -0.510. The third kappa shape index (κ3) is 7.30. The Hall–Kier alpha value is -5.11. The molecule has 0 aliphatic rings. The summed E-state index contributed by atoms with van der Waals surface area (Å²) in [4.78, 5) is 38.3. The number of aromatic hydroxyl groups is 1. The summed E-state index contributed by atoms with van der Waals surface area (Å²) in [6.07, 6.45) is 1.72. The second-order valence-corrected chi connectivity index (χ2v) is 9.47. The number of esters is 1. The lowest BCUT2D eigenvalue weighted by Crippen LogP contribution is -2.15. The van der Waals surface area contributed by atoms with Crippen LogP contribution in [0.15, 0.2) is 84.9 Å². The van der Waals surface area contributed by atoms with Gasteiger partial charge in [0.25, 0.3) is 11.8 Å². The van der Waals surface area contributed by atoms with Crippen molar-refractivity contribution < 1.29 is 29.0 Å². The van der Waals surface area contributed by atoms with Gasteiger partial charge in [-0.2, -0.15) is 0 Å². The number of phenolic OH excluding ortho intramolecular Hbond substituents is 1. The molecule has 0 saturated heterocycles. The first-order chi connectivity index (χ1) is 19.8. The molecule has 0 atom stereocenters. The van der Waals surface area contributed by atoms with E-state index in [1.54, 1.807) is 79.7 Å². The van der Waals surface area contributed by atoms with Gasteiger partial charge >= 0.3 is 5.97 Å². The van der Waals surface area contributed by atoms with Crippen molar-refractivity contribution in [2.24, 2.45) is 0 Å². The number of carbonyl (C=O) groups is 3. The average molecular weight is 553 g/mol. The summed E-state index contributed by atoms with van der Waals surface area (Å²) >= 11 is 0. The Balaban J connectivity index is 1.45. The third-order valence-electron chi connectivity index (χ3n) is 6.49. The van der Waals surface area contributed by atoms with Crippen molar-refractivity contribution in [1.82, 2.24) is 0 Å². The summed E-state index contributed by atoms with van der Waals surface area (Å²) in [6, 6.07) is 23.6. The SMILES string of the molecule is CCCCOC(=O)c1ccc(C(=O)Nc2ccc(OC)c(NC(=O)c3ccc(-c4ccc(O)cc4)cc3)c2)cc1C.